The summed E-state index contributed by atoms with van der Waals surface area (Å²) in [4.78, 5) is 21.4. The molecule has 5 nitrogen and oxygen atoms in total. The Morgan fingerprint density at radius 1 is 1.38 bits per heavy atom. The number of carboxylic acid groups (broad SMARTS) is 1. The zero-order valence-electron chi connectivity index (χ0n) is 8.99. The van der Waals surface area contributed by atoms with Crippen LogP contribution in [-0.4, -0.2) is 40.7 Å². The van der Waals surface area contributed by atoms with Crippen molar-refractivity contribution in [3.05, 3.63) is 0 Å². The molecule has 1 atom stereocenters. The number of aliphatic carboxylic acids is 1. The second kappa shape index (κ2) is 12.5. The predicted octanol–water partition coefficient (Wildman–Crippen LogP) is 1.44. The van der Waals surface area contributed by atoms with E-state index in [0.29, 0.717) is 0 Å². The molecule has 0 aromatic heterocycles. The van der Waals surface area contributed by atoms with Crippen molar-refractivity contribution in [2.24, 2.45) is 5.92 Å². The molecule has 7 heteroatoms. The molecule has 16 heavy (non-hydrogen) atoms. The number of ether oxygens (including phenoxy) is 1. The number of carbonyl (C=O) groups is 2. The second-order valence-corrected chi connectivity index (χ2v) is 3.47. The maximum Gasteiger partial charge on any atom is 0.309 e. The average Bonchev–Trinajstić information content (AvgIpc) is 2.18. The number of aliphatic hydroxyl groups excluding tert-OH is 1. The third kappa shape index (κ3) is 11.6. The van der Waals surface area contributed by atoms with Gasteiger partial charge in [-0.05, 0) is 13.3 Å². The fraction of sp³-hybridized carbons (Fsp3) is 0.778. The van der Waals surface area contributed by atoms with E-state index in [1.165, 1.54) is 0 Å². The van der Waals surface area contributed by atoms with Crippen LogP contribution in [0.5, 0.6) is 0 Å². The van der Waals surface area contributed by atoms with E-state index in [0.717, 1.165) is 0 Å². The molecule has 96 valence electrons. The minimum Gasteiger partial charge on any atom is -0.481 e. The summed E-state index contributed by atoms with van der Waals surface area (Å²) in [6, 6.07) is 0. The van der Waals surface area contributed by atoms with Gasteiger partial charge in [-0.15, -0.1) is 23.2 Å². The van der Waals surface area contributed by atoms with Crippen LogP contribution in [0.4, 0.5) is 0 Å². The van der Waals surface area contributed by atoms with Gasteiger partial charge in [0.25, 0.3) is 0 Å². The van der Waals surface area contributed by atoms with Crippen LogP contribution < -0.4 is 0 Å². The molecule has 0 aliphatic rings. The van der Waals surface area contributed by atoms with E-state index < -0.39 is 17.9 Å². The minimum absolute atomic E-state index is 0.130. The Labute approximate surface area is 104 Å². The summed E-state index contributed by atoms with van der Waals surface area (Å²) < 4.78 is 4.64. The SMILES string of the molecule is CCOC(=O)C(CCO)CC(=O)O.ClCCl. The molecular weight excluding hydrogens is 259 g/mol. The molecule has 0 rings (SSSR count). The number of rotatable bonds is 6. The first-order valence-corrected chi connectivity index (χ1v) is 5.71. The summed E-state index contributed by atoms with van der Waals surface area (Å²) in [6.45, 7) is 1.66. The van der Waals surface area contributed by atoms with Crippen LogP contribution in [0.3, 0.4) is 0 Å². The highest BCUT2D eigenvalue weighted by Crippen LogP contribution is 2.10. The van der Waals surface area contributed by atoms with Crippen LogP contribution >= 0.6 is 23.2 Å². The molecule has 0 aromatic carbocycles. The normalized spacial score (nSPS) is 11.0. The molecule has 0 aliphatic heterocycles. The maximum absolute atomic E-state index is 11.1. The van der Waals surface area contributed by atoms with Crippen LogP contribution in [0.1, 0.15) is 19.8 Å². The van der Waals surface area contributed by atoms with Crippen molar-refractivity contribution in [1.29, 1.82) is 0 Å². The molecule has 0 spiro atoms. The van der Waals surface area contributed by atoms with Crippen LogP contribution in [0.15, 0.2) is 0 Å². The lowest BCUT2D eigenvalue weighted by Gasteiger charge is -2.11. The van der Waals surface area contributed by atoms with Crippen molar-refractivity contribution in [3.63, 3.8) is 0 Å². The Balaban J connectivity index is 0. The zero-order valence-corrected chi connectivity index (χ0v) is 10.5. The Hall–Kier alpha value is -0.520. The number of carbonyl (C=O) groups excluding carboxylic acids is 1. The summed E-state index contributed by atoms with van der Waals surface area (Å²) in [6.07, 6.45) is -0.162. The quantitative estimate of drug-likeness (QED) is 0.566. The number of carboxylic acids is 1. The Bertz CT molecular complexity index is 198. The molecule has 1 unspecified atom stereocenters. The van der Waals surface area contributed by atoms with Gasteiger partial charge in [-0.25, -0.2) is 0 Å². The topological polar surface area (TPSA) is 83.8 Å². The largest absolute Gasteiger partial charge is 0.481 e. The Kier molecular flexibility index (Phi) is 14.0. The summed E-state index contributed by atoms with van der Waals surface area (Å²) in [5.74, 6) is -2.35. The minimum atomic E-state index is -1.06. The van der Waals surface area contributed by atoms with E-state index in [9.17, 15) is 9.59 Å². The molecule has 0 saturated heterocycles. The average molecular weight is 275 g/mol. The van der Waals surface area contributed by atoms with Gasteiger partial charge in [-0.3, -0.25) is 9.59 Å². The lowest BCUT2D eigenvalue weighted by Crippen LogP contribution is -2.22. The molecule has 0 radical (unpaired) electrons. The van der Waals surface area contributed by atoms with Gasteiger partial charge in [-0.1, -0.05) is 0 Å². The molecule has 0 bridgehead atoms. The standard InChI is InChI=1S/C8H14O5.CH2Cl2/c1-2-13-8(12)6(3-4-9)5-7(10)11;2-1-3/h6,9H,2-5H2,1H3,(H,10,11);1H2. The summed E-state index contributed by atoms with van der Waals surface area (Å²) in [5, 5.41) is 17.2. The van der Waals surface area contributed by atoms with Crippen LogP contribution in [-0.2, 0) is 14.3 Å². The molecule has 0 aliphatic carbocycles. The van der Waals surface area contributed by atoms with Crippen molar-refractivity contribution in [2.75, 3.05) is 18.6 Å². The lowest BCUT2D eigenvalue weighted by molar-refractivity contribution is -0.153. The van der Waals surface area contributed by atoms with Crippen molar-refractivity contribution < 1.29 is 24.5 Å². The second-order valence-electron chi connectivity index (χ2n) is 2.66. The number of esters is 1. The lowest BCUT2D eigenvalue weighted by atomic mass is 10.0. The van der Waals surface area contributed by atoms with Gasteiger partial charge in [0.15, 0.2) is 0 Å². The van der Waals surface area contributed by atoms with Gasteiger partial charge in [0.1, 0.15) is 0 Å². The third-order valence-electron chi connectivity index (χ3n) is 1.52. The van der Waals surface area contributed by atoms with E-state index in [4.69, 9.17) is 33.4 Å². The van der Waals surface area contributed by atoms with Crippen LogP contribution in [0.2, 0.25) is 0 Å². The first-order valence-electron chi connectivity index (χ1n) is 4.64. The molecule has 2 N–H and O–H groups in total. The number of aliphatic hydroxyl groups is 1. The van der Waals surface area contributed by atoms with E-state index >= 15 is 0 Å². The number of hydrogen-bond donors (Lipinski definition) is 2. The molecule has 0 amide bonds. The maximum atomic E-state index is 11.1. The van der Waals surface area contributed by atoms with E-state index in [2.05, 4.69) is 4.74 Å². The summed E-state index contributed by atoms with van der Waals surface area (Å²) >= 11 is 9.53. The number of alkyl halides is 2. The highest BCUT2D eigenvalue weighted by atomic mass is 35.5. The summed E-state index contributed by atoms with van der Waals surface area (Å²) in [7, 11) is 0. The van der Waals surface area contributed by atoms with E-state index in [1.54, 1.807) is 6.92 Å². The molecule has 0 fully saturated rings. The van der Waals surface area contributed by atoms with Crippen molar-refractivity contribution in [2.45, 2.75) is 19.8 Å². The fourth-order valence-electron chi connectivity index (χ4n) is 0.930. The Morgan fingerprint density at radius 2 is 1.88 bits per heavy atom. The number of halogens is 2. The fourth-order valence-corrected chi connectivity index (χ4v) is 0.930. The summed E-state index contributed by atoms with van der Waals surface area (Å²) in [5.41, 5.74) is 0. The predicted molar refractivity (Wildman–Crippen MR) is 60.7 cm³/mol. The molecule has 0 aromatic rings. The monoisotopic (exact) mass is 274 g/mol. The highest BCUT2D eigenvalue weighted by Gasteiger charge is 2.21. The van der Waals surface area contributed by atoms with Gasteiger partial charge in [0.2, 0.25) is 0 Å². The third-order valence-corrected chi connectivity index (χ3v) is 1.52. The molecule has 0 saturated carbocycles. The van der Waals surface area contributed by atoms with Gasteiger partial charge in [-0.2, -0.15) is 0 Å². The smallest absolute Gasteiger partial charge is 0.309 e. The van der Waals surface area contributed by atoms with E-state index in [-0.39, 0.29) is 31.4 Å². The zero-order chi connectivity index (χ0) is 13.0. The van der Waals surface area contributed by atoms with Gasteiger partial charge in [0.05, 0.1) is 24.3 Å². The van der Waals surface area contributed by atoms with Crippen LogP contribution in [0, 0.1) is 5.92 Å². The van der Waals surface area contributed by atoms with Gasteiger partial charge < -0.3 is 14.9 Å². The first-order chi connectivity index (χ1) is 7.53. The highest BCUT2D eigenvalue weighted by molar-refractivity contribution is 6.40. The van der Waals surface area contributed by atoms with E-state index in [1.807, 2.05) is 0 Å². The van der Waals surface area contributed by atoms with Crippen LogP contribution in [0.25, 0.3) is 0 Å². The van der Waals surface area contributed by atoms with Crippen molar-refractivity contribution in [1.82, 2.24) is 0 Å². The first kappa shape index (κ1) is 17.9. The molecule has 0 heterocycles. The van der Waals surface area contributed by atoms with Crippen molar-refractivity contribution >= 4 is 35.1 Å². The number of hydrogen-bond acceptors (Lipinski definition) is 4. The molecular formula is C9H16Cl2O5. The van der Waals surface area contributed by atoms with Gasteiger partial charge >= 0.3 is 11.9 Å². The van der Waals surface area contributed by atoms with Gasteiger partial charge in [0, 0.05) is 6.61 Å². The van der Waals surface area contributed by atoms with Crippen molar-refractivity contribution in [3.8, 4) is 0 Å². The Morgan fingerprint density at radius 3 is 2.19 bits per heavy atom.